The summed E-state index contributed by atoms with van der Waals surface area (Å²) >= 11 is 0. The molecule has 0 aliphatic carbocycles. The summed E-state index contributed by atoms with van der Waals surface area (Å²) in [4.78, 5) is 13.9. The Balaban J connectivity index is 1.73. The Labute approximate surface area is 178 Å². The van der Waals surface area contributed by atoms with Gasteiger partial charge in [-0.2, -0.15) is 0 Å². The average molecular weight is 400 g/mol. The van der Waals surface area contributed by atoms with Gasteiger partial charge in [-0.25, -0.2) is 15.0 Å². The van der Waals surface area contributed by atoms with Crippen LogP contribution in [-0.4, -0.2) is 19.5 Å². The lowest BCUT2D eigenvalue weighted by Gasteiger charge is -2.11. The number of hydrogen-bond donors (Lipinski definition) is 1. The molecule has 5 heteroatoms. The largest absolute Gasteiger partial charge is 0.368 e. The molecule has 0 unspecified atom stereocenters. The number of aromatic nitrogens is 4. The highest BCUT2D eigenvalue weighted by molar-refractivity contribution is 5.80. The first-order valence-electron chi connectivity index (χ1n) is 10.8. The van der Waals surface area contributed by atoms with Crippen molar-refractivity contribution in [3.63, 3.8) is 0 Å². The Bertz CT molecular complexity index is 1130. The highest BCUT2D eigenvalue weighted by Crippen LogP contribution is 2.28. The molecule has 0 aliphatic heterocycles. The molecule has 0 amide bonds. The van der Waals surface area contributed by atoms with Gasteiger partial charge in [0.25, 0.3) is 0 Å². The summed E-state index contributed by atoms with van der Waals surface area (Å²) in [6, 6.07) is 18.6. The number of para-hydroxylation sites is 2. The van der Waals surface area contributed by atoms with Crippen LogP contribution in [0.5, 0.6) is 0 Å². The van der Waals surface area contributed by atoms with E-state index in [2.05, 4.69) is 70.8 Å². The molecule has 0 atom stereocenters. The van der Waals surface area contributed by atoms with Crippen LogP contribution in [0.4, 0.5) is 5.95 Å². The Morgan fingerprint density at radius 3 is 2.37 bits per heavy atom. The van der Waals surface area contributed by atoms with Crippen LogP contribution in [0.1, 0.15) is 44.6 Å². The fourth-order valence-corrected chi connectivity index (χ4v) is 3.82. The number of fused-ring (bicyclic) bond motifs is 1. The Morgan fingerprint density at radius 1 is 0.833 bits per heavy atom. The molecule has 0 saturated carbocycles. The van der Waals surface area contributed by atoms with Crippen molar-refractivity contribution in [2.45, 2.75) is 52.5 Å². The van der Waals surface area contributed by atoms with Crippen LogP contribution in [0.2, 0.25) is 0 Å². The number of anilines is 1. The van der Waals surface area contributed by atoms with E-state index in [1.807, 2.05) is 12.1 Å². The summed E-state index contributed by atoms with van der Waals surface area (Å²) in [6.07, 6.45) is 6.16. The SMILES string of the molecule is CCCCCCCn1c(-c2cc(-c3ccc(C)cc3)nc(N)n2)nc2ccccc21. The first-order valence-corrected chi connectivity index (χ1v) is 10.8. The third-order valence-electron chi connectivity index (χ3n) is 5.46. The van der Waals surface area contributed by atoms with Crippen LogP contribution < -0.4 is 5.73 Å². The number of benzene rings is 2. The third kappa shape index (κ3) is 4.35. The summed E-state index contributed by atoms with van der Waals surface area (Å²) in [5.74, 6) is 1.12. The maximum Gasteiger partial charge on any atom is 0.221 e. The number of hydrogen-bond acceptors (Lipinski definition) is 4. The molecule has 2 aromatic carbocycles. The lowest BCUT2D eigenvalue weighted by atomic mass is 10.1. The first kappa shape index (κ1) is 20.1. The number of unbranched alkanes of at least 4 members (excludes halogenated alkanes) is 4. The van der Waals surface area contributed by atoms with Gasteiger partial charge < -0.3 is 10.3 Å². The average Bonchev–Trinajstić information content (AvgIpc) is 3.12. The van der Waals surface area contributed by atoms with Crippen LogP contribution in [0.15, 0.2) is 54.6 Å². The number of aryl methyl sites for hydroxylation is 2. The van der Waals surface area contributed by atoms with Crippen molar-refractivity contribution in [2.24, 2.45) is 0 Å². The second-order valence-corrected chi connectivity index (χ2v) is 7.85. The van der Waals surface area contributed by atoms with Gasteiger partial charge in [0.1, 0.15) is 5.69 Å². The van der Waals surface area contributed by atoms with Crippen molar-refractivity contribution < 1.29 is 0 Å². The molecule has 30 heavy (non-hydrogen) atoms. The molecule has 0 bridgehead atoms. The number of nitrogens with zero attached hydrogens (tertiary/aromatic N) is 4. The van der Waals surface area contributed by atoms with E-state index in [1.165, 1.54) is 31.2 Å². The summed E-state index contributed by atoms with van der Waals surface area (Å²) in [5.41, 5.74) is 12.0. The second kappa shape index (κ2) is 9.08. The molecule has 0 fully saturated rings. The molecule has 4 rings (SSSR count). The zero-order valence-electron chi connectivity index (χ0n) is 17.8. The van der Waals surface area contributed by atoms with Gasteiger partial charge in [0.05, 0.1) is 16.7 Å². The Hall–Kier alpha value is -3.21. The molecule has 2 N–H and O–H groups in total. The Morgan fingerprint density at radius 2 is 1.57 bits per heavy atom. The van der Waals surface area contributed by atoms with Gasteiger partial charge in [0.2, 0.25) is 5.95 Å². The first-order chi connectivity index (χ1) is 14.7. The lowest BCUT2D eigenvalue weighted by Crippen LogP contribution is -2.05. The summed E-state index contributed by atoms with van der Waals surface area (Å²) in [6.45, 7) is 5.24. The van der Waals surface area contributed by atoms with Gasteiger partial charge in [0.15, 0.2) is 5.82 Å². The number of nitrogen functional groups attached to an aromatic ring is 1. The van der Waals surface area contributed by atoms with E-state index in [1.54, 1.807) is 0 Å². The fraction of sp³-hybridized carbons (Fsp3) is 0.320. The van der Waals surface area contributed by atoms with Crippen LogP contribution >= 0.6 is 0 Å². The molecule has 0 radical (unpaired) electrons. The normalized spacial score (nSPS) is 11.3. The van der Waals surface area contributed by atoms with Crippen molar-refractivity contribution in [1.29, 1.82) is 0 Å². The van der Waals surface area contributed by atoms with Gasteiger partial charge in [-0.3, -0.25) is 0 Å². The molecular formula is C25H29N5. The minimum absolute atomic E-state index is 0.268. The monoisotopic (exact) mass is 399 g/mol. The van der Waals surface area contributed by atoms with Crippen LogP contribution in [-0.2, 0) is 6.54 Å². The van der Waals surface area contributed by atoms with Crippen molar-refractivity contribution in [2.75, 3.05) is 5.73 Å². The van der Waals surface area contributed by atoms with Gasteiger partial charge in [-0.15, -0.1) is 0 Å². The predicted molar refractivity (Wildman–Crippen MR) is 124 cm³/mol. The molecule has 2 heterocycles. The van der Waals surface area contributed by atoms with Gasteiger partial charge in [-0.1, -0.05) is 74.6 Å². The smallest absolute Gasteiger partial charge is 0.221 e. The molecule has 0 spiro atoms. The van der Waals surface area contributed by atoms with Crippen LogP contribution in [0.25, 0.3) is 33.8 Å². The second-order valence-electron chi connectivity index (χ2n) is 7.85. The Kier molecular flexibility index (Phi) is 6.07. The molecule has 0 aliphatic rings. The number of nitrogens with two attached hydrogens (primary N) is 1. The maximum absolute atomic E-state index is 6.10. The van der Waals surface area contributed by atoms with Gasteiger partial charge in [0, 0.05) is 12.1 Å². The molecule has 5 nitrogen and oxygen atoms in total. The topological polar surface area (TPSA) is 69.6 Å². The van der Waals surface area contributed by atoms with E-state index in [-0.39, 0.29) is 5.95 Å². The van der Waals surface area contributed by atoms with Gasteiger partial charge >= 0.3 is 0 Å². The van der Waals surface area contributed by atoms with Crippen molar-refractivity contribution >= 4 is 17.0 Å². The molecule has 154 valence electrons. The molecule has 2 aromatic heterocycles. The van der Waals surface area contributed by atoms with E-state index in [9.17, 15) is 0 Å². The van der Waals surface area contributed by atoms with E-state index < -0.39 is 0 Å². The van der Waals surface area contributed by atoms with Crippen molar-refractivity contribution in [3.05, 3.63) is 60.2 Å². The zero-order chi connectivity index (χ0) is 20.9. The molecule has 0 saturated heterocycles. The van der Waals surface area contributed by atoms with E-state index in [0.29, 0.717) is 0 Å². The van der Waals surface area contributed by atoms with E-state index in [4.69, 9.17) is 10.7 Å². The van der Waals surface area contributed by atoms with Crippen molar-refractivity contribution in [1.82, 2.24) is 19.5 Å². The minimum atomic E-state index is 0.268. The predicted octanol–water partition coefficient (Wildman–Crippen LogP) is 6.02. The van der Waals surface area contributed by atoms with E-state index >= 15 is 0 Å². The highest BCUT2D eigenvalue weighted by Gasteiger charge is 2.16. The zero-order valence-corrected chi connectivity index (χ0v) is 17.8. The minimum Gasteiger partial charge on any atom is -0.368 e. The summed E-state index contributed by atoms with van der Waals surface area (Å²) < 4.78 is 2.28. The number of rotatable bonds is 8. The van der Waals surface area contributed by atoms with Crippen LogP contribution in [0.3, 0.4) is 0 Å². The fourth-order valence-electron chi connectivity index (χ4n) is 3.82. The molecule has 4 aromatic rings. The van der Waals surface area contributed by atoms with Crippen molar-refractivity contribution in [3.8, 4) is 22.8 Å². The lowest BCUT2D eigenvalue weighted by molar-refractivity contribution is 0.578. The standard InChI is InChI=1S/C25H29N5/c1-3-4-5-6-9-16-30-23-11-8-7-10-20(23)27-24(30)22-17-21(28-25(26)29-22)19-14-12-18(2)13-15-19/h7-8,10-15,17H,3-6,9,16H2,1-2H3,(H2,26,28,29). The summed E-state index contributed by atoms with van der Waals surface area (Å²) in [5, 5.41) is 0. The summed E-state index contributed by atoms with van der Waals surface area (Å²) in [7, 11) is 0. The van der Waals surface area contributed by atoms with E-state index in [0.717, 1.165) is 46.8 Å². The van der Waals surface area contributed by atoms with Crippen LogP contribution in [0, 0.1) is 6.92 Å². The molecular weight excluding hydrogens is 370 g/mol. The highest BCUT2D eigenvalue weighted by atomic mass is 15.1. The number of imidazole rings is 1. The third-order valence-corrected chi connectivity index (χ3v) is 5.46. The quantitative estimate of drug-likeness (QED) is 0.368. The van der Waals surface area contributed by atoms with Gasteiger partial charge in [-0.05, 0) is 31.5 Å². The maximum atomic E-state index is 6.10.